The third kappa shape index (κ3) is 4.09. The second kappa shape index (κ2) is 6.56. The summed E-state index contributed by atoms with van der Waals surface area (Å²) < 4.78 is 0. The molecule has 0 saturated carbocycles. The predicted molar refractivity (Wildman–Crippen MR) is 72.3 cm³/mol. The van der Waals surface area contributed by atoms with Crippen molar-refractivity contribution in [1.29, 1.82) is 0 Å². The number of carboxylic acids is 2. The Morgan fingerprint density at radius 3 is 2.10 bits per heavy atom. The van der Waals surface area contributed by atoms with Crippen LogP contribution in [0.15, 0.2) is 12.1 Å². The van der Waals surface area contributed by atoms with E-state index in [1.54, 1.807) is 0 Å². The van der Waals surface area contributed by atoms with E-state index >= 15 is 0 Å². The lowest BCUT2D eigenvalue weighted by Gasteiger charge is -2.13. The van der Waals surface area contributed by atoms with Crippen molar-refractivity contribution < 1.29 is 24.6 Å². The normalized spacial score (nSPS) is 11.8. The fourth-order valence-corrected chi connectivity index (χ4v) is 1.89. The van der Waals surface area contributed by atoms with E-state index in [9.17, 15) is 14.4 Å². The number of carbonyl (C=O) groups is 3. The summed E-state index contributed by atoms with van der Waals surface area (Å²) in [6.07, 6.45) is -0.561. The molecule has 1 aromatic carbocycles. The minimum Gasteiger partial charge on any atom is -0.481 e. The lowest BCUT2D eigenvalue weighted by molar-refractivity contribution is -0.138. The van der Waals surface area contributed by atoms with Gasteiger partial charge in [-0.05, 0) is 12.1 Å². The Labute approximate surface area is 123 Å². The van der Waals surface area contributed by atoms with Gasteiger partial charge in [-0.15, -0.1) is 0 Å². The number of amides is 1. The first-order valence-electron chi connectivity index (χ1n) is 5.23. The Bertz CT molecular complexity index is 553. The van der Waals surface area contributed by atoms with E-state index in [-0.39, 0.29) is 21.3 Å². The van der Waals surface area contributed by atoms with Crippen molar-refractivity contribution >= 4 is 46.7 Å². The van der Waals surface area contributed by atoms with Crippen LogP contribution >= 0.6 is 23.2 Å². The van der Waals surface area contributed by atoms with Crippen molar-refractivity contribution in [3.63, 3.8) is 0 Å². The molecule has 0 heterocycles. The van der Waals surface area contributed by atoms with Gasteiger partial charge >= 0.3 is 11.9 Å². The molecule has 1 unspecified atom stereocenters. The molecular weight excluding hydrogens is 311 g/mol. The quantitative estimate of drug-likeness (QED) is 0.649. The molecule has 0 aliphatic rings. The van der Waals surface area contributed by atoms with Gasteiger partial charge in [0, 0.05) is 0 Å². The van der Waals surface area contributed by atoms with E-state index in [1.807, 2.05) is 0 Å². The SMILES string of the molecule is NC(CC(=O)O)C(=O)Nc1c(Cl)cc(C(=O)O)cc1Cl. The minimum atomic E-state index is -1.28. The van der Waals surface area contributed by atoms with Crippen molar-refractivity contribution in [1.82, 2.24) is 0 Å². The first kappa shape index (κ1) is 16.2. The van der Waals surface area contributed by atoms with Crippen molar-refractivity contribution in [2.24, 2.45) is 5.73 Å². The molecule has 0 spiro atoms. The van der Waals surface area contributed by atoms with Crippen LogP contribution in [-0.4, -0.2) is 34.1 Å². The molecule has 108 valence electrons. The molecule has 7 nitrogen and oxygen atoms in total. The van der Waals surface area contributed by atoms with E-state index in [0.717, 1.165) is 12.1 Å². The van der Waals surface area contributed by atoms with Gasteiger partial charge in [-0.1, -0.05) is 23.2 Å². The summed E-state index contributed by atoms with van der Waals surface area (Å²) in [6.45, 7) is 0. The number of carbonyl (C=O) groups excluding carboxylic acids is 1. The van der Waals surface area contributed by atoms with E-state index in [1.165, 1.54) is 0 Å². The van der Waals surface area contributed by atoms with Gasteiger partial charge in [0.1, 0.15) is 0 Å². The fourth-order valence-electron chi connectivity index (χ4n) is 1.31. The predicted octanol–water partition coefficient (Wildman–Crippen LogP) is 1.43. The maximum Gasteiger partial charge on any atom is 0.335 e. The molecule has 1 aromatic rings. The van der Waals surface area contributed by atoms with Crippen LogP contribution in [0, 0.1) is 0 Å². The zero-order valence-corrected chi connectivity index (χ0v) is 11.4. The zero-order chi connectivity index (χ0) is 15.4. The standard InChI is InChI=1S/C11H10Cl2N2O5/c12-5-1-4(11(19)20)2-6(13)9(5)15-10(18)7(14)3-8(16)17/h1-2,7H,3,14H2,(H,15,18)(H,16,17)(H,19,20). The Kier molecular flexibility index (Phi) is 5.32. The van der Waals surface area contributed by atoms with Gasteiger partial charge in [-0.25, -0.2) is 4.79 Å². The lowest BCUT2D eigenvalue weighted by atomic mass is 10.1. The van der Waals surface area contributed by atoms with Crippen molar-refractivity contribution in [3.05, 3.63) is 27.7 Å². The van der Waals surface area contributed by atoms with Crippen LogP contribution in [0.3, 0.4) is 0 Å². The number of hydrogen-bond donors (Lipinski definition) is 4. The number of benzene rings is 1. The number of nitrogens with two attached hydrogens (primary N) is 1. The first-order valence-corrected chi connectivity index (χ1v) is 5.98. The number of aliphatic carboxylic acids is 1. The molecule has 5 N–H and O–H groups in total. The van der Waals surface area contributed by atoms with Crippen LogP contribution in [0.1, 0.15) is 16.8 Å². The summed E-state index contributed by atoms with van der Waals surface area (Å²) in [6, 6.07) is 0.932. The lowest BCUT2D eigenvalue weighted by Crippen LogP contribution is -2.37. The summed E-state index contributed by atoms with van der Waals surface area (Å²) in [5.74, 6) is -3.25. The highest BCUT2D eigenvalue weighted by molar-refractivity contribution is 6.40. The van der Waals surface area contributed by atoms with Gasteiger partial charge < -0.3 is 21.3 Å². The Morgan fingerprint density at radius 1 is 1.20 bits per heavy atom. The monoisotopic (exact) mass is 320 g/mol. The van der Waals surface area contributed by atoms with Gasteiger partial charge in [-0.2, -0.15) is 0 Å². The van der Waals surface area contributed by atoms with Crippen molar-refractivity contribution in [2.75, 3.05) is 5.32 Å². The highest BCUT2D eigenvalue weighted by atomic mass is 35.5. The summed E-state index contributed by atoms with van der Waals surface area (Å²) in [7, 11) is 0. The Hall–Kier alpha value is -1.83. The van der Waals surface area contributed by atoms with Gasteiger partial charge in [0.15, 0.2) is 0 Å². The van der Waals surface area contributed by atoms with Crippen molar-refractivity contribution in [3.8, 4) is 0 Å². The highest BCUT2D eigenvalue weighted by Gasteiger charge is 2.20. The Morgan fingerprint density at radius 2 is 1.70 bits per heavy atom. The summed E-state index contributed by atoms with van der Waals surface area (Å²) in [4.78, 5) is 32.9. The van der Waals surface area contributed by atoms with Gasteiger partial charge in [0.05, 0.1) is 33.8 Å². The van der Waals surface area contributed by atoms with Crippen LogP contribution in [0.2, 0.25) is 10.0 Å². The summed E-state index contributed by atoms with van der Waals surface area (Å²) in [5, 5.41) is 19.4. The minimum absolute atomic E-state index is 0.0239. The molecular formula is C11H10Cl2N2O5. The van der Waals surface area contributed by atoms with Crippen LogP contribution in [0.4, 0.5) is 5.69 Å². The molecule has 20 heavy (non-hydrogen) atoms. The first-order chi connectivity index (χ1) is 9.22. The van der Waals surface area contributed by atoms with Gasteiger partial charge in [0.2, 0.25) is 5.91 Å². The number of rotatable bonds is 5. The van der Waals surface area contributed by atoms with E-state index in [4.69, 9.17) is 39.1 Å². The average molecular weight is 321 g/mol. The van der Waals surface area contributed by atoms with Crippen molar-refractivity contribution in [2.45, 2.75) is 12.5 Å². The topological polar surface area (TPSA) is 130 Å². The maximum absolute atomic E-state index is 11.6. The van der Waals surface area contributed by atoms with E-state index < -0.39 is 30.3 Å². The van der Waals surface area contributed by atoms with Gasteiger partial charge in [0.25, 0.3) is 0 Å². The third-order valence-corrected chi connectivity index (χ3v) is 2.86. The number of nitrogens with one attached hydrogen (secondary N) is 1. The number of aromatic carboxylic acids is 1. The maximum atomic E-state index is 11.6. The molecule has 1 rings (SSSR count). The average Bonchev–Trinajstić information content (AvgIpc) is 2.32. The van der Waals surface area contributed by atoms with Gasteiger partial charge in [-0.3, -0.25) is 9.59 Å². The largest absolute Gasteiger partial charge is 0.481 e. The van der Waals surface area contributed by atoms with Crippen LogP contribution in [0.25, 0.3) is 0 Å². The van der Waals surface area contributed by atoms with E-state index in [2.05, 4.69) is 5.32 Å². The molecule has 0 fully saturated rings. The second-order valence-electron chi connectivity index (χ2n) is 3.81. The zero-order valence-electron chi connectivity index (χ0n) is 9.89. The highest BCUT2D eigenvalue weighted by Crippen LogP contribution is 2.32. The molecule has 0 aliphatic heterocycles. The second-order valence-corrected chi connectivity index (χ2v) is 4.63. The number of carboxylic acid groups (broad SMARTS) is 2. The molecule has 0 aromatic heterocycles. The number of anilines is 1. The summed E-state index contributed by atoms with van der Waals surface area (Å²) in [5.41, 5.74) is 5.20. The molecule has 0 saturated heterocycles. The third-order valence-electron chi connectivity index (χ3n) is 2.27. The molecule has 9 heteroatoms. The van der Waals surface area contributed by atoms with Crippen LogP contribution < -0.4 is 11.1 Å². The number of halogens is 2. The summed E-state index contributed by atoms with van der Waals surface area (Å²) >= 11 is 11.6. The van der Waals surface area contributed by atoms with Crippen LogP contribution in [-0.2, 0) is 9.59 Å². The fraction of sp³-hybridized carbons (Fsp3) is 0.182. The molecule has 1 amide bonds. The van der Waals surface area contributed by atoms with Crippen LogP contribution in [0.5, 0.6) is 0 Å². The van der Waals surface area contributed by atoms with E-state index in [0.29, 0.717) is 0 Å². The molecule has 0 bridgehead atoms. The molecule has 0 aliphatic carbocycles. The molecule has 0 radical (unpaired) electrons. The smallest absolute Gasteiger partial charge is 0.335 e. The number of hydrogen-bond acceptors (Lipinski definition) is 4. The molecule has 1 atom stereocenters. The Balaban J connectivity index is 2.96.